The maximum Gasteiger partial charge on any atom is 0.343 e. The Morgan fingerprint density at radius 2 is 1.18 bits per heavy atom. The maximum absolute atomic E-state index is 13.2. The number of hydrazone groups is 1. The molecule has 0 aromatic heterocycles. The predicted molar refractivity (Wildman–Crippen MR) is 188 cm³/mol. The zero-order valence-electron chi connectivity index (χ0n) is 27.1. The molecular formula is C34H31Br2N3O10. The number of carbonyl (C=O) groups is 3. The summed E-state index contributed by atoms with van der Waals surface area (Å²) in [7, 11) is 8.69. The fourth-order valence-corrected chi connectivity index (χ4v) is 5.85. The van der Waals surface area contributed by atoms with E-state index in [1.54, 1.807) is 30.3 Å². The Labute approximate surface area is 298 Å². The molecule has 0 spiro atoms. The SMILES string of the molecule is COc1cc(C(=O)Nc2cccc(C(=O)NN=Cc3cc(Br)cc(Br)c3OC(=O)c3cc(OC)c(OC)c(OC)c3)c2)cc(OC)c1OC. The Bertz CT molecular complexity index is 1870. The summed E-state index contributed by atoms with van der Waals surface area (Å²) in [5.41, 5.74) is 3.75. The molecule has 0 atom stereocenters. The van der Waals surface area contributed by atoms with Gasteiger partial charge in [-0.25, -0.2) is 10.2 Å². The lowest BCUT2D eigenvalue weighted by Crippen LogP contribution is -2.18. The minimum absolute atomic E-state index is 0.136. The van der Waals surface area contributed by atoms with Crippen LogP contribution >= 0.6 is 31.9 Å². The van der Waals surface area contributed by atoms with Crippen molar-refractivity contribution in [3.63, 3.8) is 0 Å². The van der Waals surface area contributed by atoms with Crippen molar-refractivity contribution in [3.8, 4) is 40.2 Å². The van der Waals surface area contributed by atoms with Gasteiger partial charge in [-0.2, -0.15) is 5.10 Å². The molecule has 0 unspecified atom stereocenters. The summed E-state index contributed by atoms with van der Waals surface area (Å²) in [6, 6.07) is 15.6. The first-order valence-electron chi connectivity index (χ1n) is 14.1. The lowest BCUT2D eigenvalue weighted by Gasteiger charge is -2.15. The van der Waals surface area contributed by atoms with E-state index in [-0.39, 0.29) is 33.9 Å². The fourth-order valence-electron chi connectivity index (χ4n) is 4.51. The second-order valence-corrected chi connectivity index (χ2v) is 11.5. The first-order valence-corrected chi connectivity index (χ1v) is 15.7. The van der Waals surface area contributed by atoms with Crippen molar-refractivity contribution in [2.24, 2.45) is 5.10 Å². The lowest BCUT2D eigenvalue weighted by molar-refractivity contribution is 0.0731. The Morgan fingerprint density at radius 1 is 0.633 bits per heavy atom. The van der Waals surface area contributed by atoms with Crippen LogP contribution in [0.25, 0.3) is 0 Å². The number of ether oxygens (including phenoxy) is 7. The molecule has 13 nitrogen and oxygen atoms in total. The average Bonchev–Trinajstić information content (AvgIpc) is 3.11. The highest BCUT2D eigenvalue weighted by Crippen LogP contribution is 2.40. The van der Waals surface area contributed by atoms with Crippen molar-refractivity contribution in [1.82, 2.24) is 5.43 Å². The van der Waals surface area contributed by atoms with Crippen LogP contribution in [-0.4, -0.2) is 66.7 Å². The summed E-state index contributed by atoms with van der Waals surface area (Å²) < 4.78 is 38.8. The van der Waals surface area contributed by atoms with Gasteiger partial charge in [0.05, 0.1) is 58.9 Å². The van der Waals surface area contributed by atoms with E-state index >= 15 is 0 Å². The molecule has 15 heteroatoms. The van der Waals surface area contributed by atoms with Crippen LogP contribution in [0.4, 0.5) is 5.69 Å². The molecule has 0 saturated carbocycles. The van der Waals surface area contributed by atoms with Crippen molar-refractivity contribution < 1.29 is 47.5 Å². The highest BCUT2D eigenvalue weighted by Gasteiger charge is 2.21. The summed E-state index contributed by atoms with van der Waals surface area (Å²) in [4.78, 5) is 39.3. The van der Waals surface area contributed by atoms with Gasteiger partial charge in [0.15, 0.2) is 28.7 Å². The van der Waals surface area contributed by atoms with Crippen LogP contribution in [0.15, 0.2) is 74.7 Å². The molecule has 0 aliphatic carbocycles. The average molecular weight is 801 g/mol. The largest absolute Gasteiger partial charge is 0.493 e. The van der Waals surface area contributed by atoms with Gasteiger partial charge in [-0.3, -0.25) is 9.59 Å². The van der Waals surface area contributed by atoms with Crippen molar-refractivity contribution in [2.75, 3.05) is 48.0 Å². The maximum atomic E-state index is 13.2. The second-order valence-electron chi connectivity index (χ2n) is 9.76. The summed E-state index contributed by atoms with van der Waals surface area (Å²) in [5, 5.41) is 6.83. The molecule has 0 bridgehead atoms. The van der Waals surface area contributed by atoms with Gasteiger partial charge in [-0.1, -0.05) is 22.0 Å². The van der Waals surface area contributed by atoms with Crippen LogP contribution < -0.4 is 43.9 Å². The number of benzene rings is 4. The van der Waals surface area contributed by atoms with Gasteiger partial charge in [0, 0.05) is 26.9 Å². The molecule has 4 aromatic carbocycles. The van der Waals surface area contributed by atoms with Crippen LogP contribution in [0, 0.1) is 0 Å². The van der Waals surface area contributed by atoms with E-state index in [1.165, 1.54) is 79.2 Å². The molecule has 0 saturated heterocycles. The minimum atomic E-state index is -0.716. The van der Waals surface area contributed by atoms with E-state index in [1.807, 2.05) is 0 Å². The molecule has 0 radical (unpaired) electrons. The highest BCUT2D eigenvalue weighted by atomic mass is 79.9. The normalized spacial score (nSPS) is 10.6. The number of rotatable bonds is 13. The molecule has 4 aromatic rings. The van der Waals surface area contributed by atoms with E-state index < -0.39 is 17.8 Å². The molecule has 49 heavy (non-hydrogen) atoms. The molecule has 0 aliphatic rings. The molecule has 256 valence electrons. The van der Waals surface area contributed by atoms with Crippen molar-refractivity contribution in [3.05, 3.63) is 91.9 Å². The van der Waals surface area contributed by atoms with Crippen LogP contribution in [-0.2, 0) is 0 Å². The Morgan fingerprint density at radius 3 is 1.71 bits per heavy atom. The molecule has 0 fully saturated rings. The molecule has 2 amide bonds. The molecule has 0 heterocycles. The first-order chi connectivity index (χ1) is 23.6. The molecule has 4 rings (SSSR count). The number of hydrogen-bond donors (Lipinski definition) is 2. The van der Waals surface area contributed by atoms with E-state index in [4.69, 9.17) is 33.2 Å². The third-order valence-corrected chi connectivity index (χ3v) is 7.86. The summed E-state index contributed by atoms with van der Waals surface area (Å²) in [6.07, 6.45) is 1.32. The van der Waals surface area contributed by atoms with Crippen LogP contribution in [0.1, 0.15) is 36.6 Å². The van der Waals surface area contributed by atoms with E-state index in [2.05, 4.69) is 47.7 Å². The Kier molecular flexibility index (Phi) is 12.5. The van der Waals surface area contributed by atoms with Crippen LogP contribution in [0.5, 0.6) is 40.2 Å². The van der Waals surface area contributed by atoms with Gasteiger partial charge in [-0.15, -0.1) is 0 Å². The summed E-state index contributed by atoms with van der Waals surface area (Å²) in [5.74, 6) is 0.234. The van der Waals surface area contributed by atoms with Crippen molar-refractivity contribution in [1.29, 1.82) is 0 Å². The Hall–Kier alpha value is -5.28. The number of nitrogens with zero attached hydrogens (tertiary/aromatic N) is 1. The number of carbonyl (C=O) groups excluding carboxylic acids is 3. The van der Waals surface area contributed by atoms with Gasteiger partial charge in [0.1, 0.15) is 0 Å². The van der Waals surface area contributed by atoms with Crippen LogP contribution in [0.3, 0.4) is 0 Å². The van der Waals surface area contributed by atoms with Crippen LogP contribution in [0.2, 0.25) is 0 Å². The van der Waals surface area contributed by atoms with Gasteiger partial charge in [0.25, 0.3) is 11.8 Å². The first kappa shape index (κ1) is 36.6. The van der Waals surface area contributed by atoms with E-state index in [0.29, 0.717) is 43.2 Å². The number of esters is 1. The van der Waals surface area contributed by atoms with Crippen molar-refractivity contribution in [2.45, 2.75) is 0 Å². The number of nitrogens with one attached hydrogen (secondary N) is 2. The van der Waals surface area contributed by atoms with Gasteiger partial charge >= 0.3 is 5.97 Å². The zero-order valence-corrected chi connectivity index (χ0v) is 30.3. The number of methoxy groups -OCH3 is 6. The monoisotopic (exact) mass is 799 g/mol. The van der Waals surface area contributed by atoms with Gasteiger partial charge in [-0.05, 0) is 70.5 Å². The molecule has 0 aliphatic heterocycles. The summed E-state index contributed by atoms with van der Waals surface area (Å²) >= 11 is 6.84. The second kappa shape index (κ2) is 16.7. The lowest BCUT2D eigenvalue weighted by atomic mass is 10.1. The van der Waals surface area contributed by atoms with Crippen molar-refractivity contribution >= 4 is 61.5 Å². The third-order valence-electron chi connectivity index (χ3n) is 6.81. The standard InChI is InChI=1S/C34H31Br2N3O10/c1-43-25-12-19(13-26(44-2)30(25)47-5)32(40)38-23-9-7-8-18(11-23)33(41)39-37-17-21-10-22(35)16-24(36)29(21)49-34(42)20-14-27(45-3)31(48-6)28(15-20)46-4/h7-17H,1-6H3,(H,38,40)(H,39,41). The number of halogens is 2. The quantitative estimate of drug-likeness (QED) is 0.0664. The third kappa shape index (κ3) is 8.61. The topological polar surface area (TPSA) is 152 Å². The predicted octanol–water partition coefficient (Wildman–Crippen LogP) is 6.50. The number of hydrogen-bond acceptors (Lipinski definition) is 11. The molecule has 2 N–H and O–H groups in total. The number of amides is 2. The number of anilines is 1. The Balaban J connectivity index is 1.50. The van der Waals surface area contributed by atoms with E-state index in [9.17, 15) is 14.4 Å². The fraction of sp³-hybridized carbons (Fsp3) is 0.176. The highest BCUT2D eigenvalue weighted by molar-refractivity contribution is 9.11. The summed E-state index contributed by atoms with van der Waals surface area (Å²) in [6.45, 7) is 0. The van der Waals surface area contributed by atoms with E-state index in [0.717, 1.165) is 0 Å². The minimum Gasteiger partial charge on any atom is -0.493 e. The van der Waals surface area contributed by atoms with Gasteiger partial charge in [0.2, 0.25) is 11.5 Å². The zero-order chi connectivity index (χ0) is 35.7. The molecular weight excluding hydrogens is 770 g/mol. The smallest absolute Gasteiger partial charge is 0.343 e. The van der Waals surface area contributed by atoms with Gasteiger partial charge < -0.3 is 38.5 Å².